The van der Waals surface area contributed by atoms with Crippen molar-refractivity contribution >= 4 is 40.9 Å². The van der Waals surface area contributed by atoms with Crippen LogP contribution in [0.15, 0.2) is 54.7 Å². The minimum Gasteiger partial charge on any atom is -0.464 e. The number of aromatic amines is 1. The second kappa shape index (κ2) is 12.5. The monoisotopic (exact) mass is 724 g/mol. The Morgan fingerprint density at radius 2 is 1.81 bits per heavy atom. The highest BCUT2D eigenvalue weighted by Gasteiger charge is 2.51. The molecule has 5 aromatic rings. The second-order valence-electron chi connectivity index (χ2n) is 16.3. The summed E-state index contributed by atoms with van der Waals surface area (Å²) in [6.07, 6.45) is 3.98. The van der Waals surface area contributed by atoms with Gasteiger partial charge in [0.1, 0.15) is 23.0 Å². The van der Waals surface area contributed by atoms with Crippen LogP contribution in [-0.2, 0) is 20.6 Å². The van der Waals surface area contributed by atoms with E-state index < -0.39 is 42.1 Å². The molecule has 12 heteroatoms. The van der Waals surface area contributed by atoms with Gasteiger partial charge in [0, 0.05) is 22.4 Å². The van der Waals surface area contributed by atoms with E-state index in [-0.39, 0.29) is 6.54 Å². The van der Waals surface area contributed by atoms with Crippen LogP contribution in [0.25, 0.3) is 33.4 Å². The zero-order chi connectivity index (χ0) is 36.7. The number of nitrogens with zero attached hydrogens (tertiary/aromatic N) is 3. The van der Waals surface area contributed by atoms with E-state index in [1.165, 1.54) is 23.8 Å². The van der Waals surface area contributed by atoms with Crippen LogP contribution in [-0.4, -0.2) is 56.0 Å². The summed E-state index contributed by atoms with van der Waals surface area (Å²) in [7, 11) is -0.513. The van der Waals surface area contributed by atoms with Gasteiger partial charge < -0.3 is 28.7 Å². The van der Waals surface area contributed by atoms with Crippen LogP contribution < -0.4 is 10.2 Å². The molecule has 272 valence electrons. The summed E-state index contributed by atoms with van der Waals surface area (Å²) in [5, 5.41) is 0.950. The Kier molecular flexibility index (Phi) is 8.39. The summed E-state index contributed by atoms with van der Waals surface area (Å²) in [6, 6.07) is 16.0. The number of H-pyrrole nitrogens is 1. The Balaban J connectivity index is 1.16. The van der Waals surface area contributed by atoms with Crippen molar-refractivity contribution in [3.8, 4) is 28.3 Å². The normalized spacial score (nSPS) is 19.0. The lowest BCUT2D eigenvalue weighted by atomic mass is 9.78. The third-order valence-electron chi connectivity index (χ3n) is 10.5. The van der Waals surface area contributed by atoms with Crippen LogP contribution in [0.4, 0.5) is 9.18 Å². The molecular weight excluding hydrogens is 678 g/mol. The van der Waals surface area contributed by atoms with Crippen LogP contribution in [0.5, 0.6) is 5.75 Å². The molecule has 3 aliphatic rings. The highest BCUT2D eigenvalue weighted by molar-refractivity contribution is 7.12. The molecule has 1 N–H and O–H groups in total. The highest BCUT2D eigenvalue weighted by Crippen LogP contribution is 2.50. The van der Waals surface area contributed by atoms with Crippen molar-refractivity contribution in [1.29, 1.82) is 0 Å². The number of benzene rings is 2. The molecule has 1 saturated heterocycles. The van der Waals surface area contributed by atoms with E-state index in [2.05, 4.69) is 38.8 Å². The van der Waals surface area contributed by atoms with Crippen molar-refractivity contribution in [3.05, 3.63) is 76.1 Å². The summed E-state index contributed by atoms with van der Waals surface area (Å²) >= 11 is 1.77. The fraction of sp³-hybridized carbons (Fsp3) is 0.450. The zero-order valence-electron chi connectivity index (χ0n) is 31.1. The van der Waals surface area contributed by atoms with Crippen LogP contribution in [0.2, 0.25) is 0 Å². The number of thiophene rings is 1. The molecule has 0 bridgehead atoms. The van der Waals surface area contributed by atoms with Crippen molar-refractivity contribution < 1.29 is 28.0 Å². The number of halogens is 1. The molecule has 52 heavy (non-hydrogen) atoms. The lowest BCUT2D eigenvalue weighted by molar-refractivity contribution is 0.00578. The number of hydrogen-bond donors (Lipinski definition) is 1. The molecule has 0 radical (unpaired) electrons. The number of carbonyl (C=O) groups is 1. The van der Waals surface area contributed by atoms with Gasteiger partial charge in [0.25, 0.3) is 0 Å². The van der Waals surface area contributed by atoms with E-state index in [1.54, 1.807) is 22.4 Å². The van der Waals surface area contributed by atoms with Gasteiger partial charge in [-0.3, -0.25) is 4.57 Å². The Morgan fingerprint density at radius 1 is 1.08 bits per heavy atom. The average molecular weight is 725 g/mol. The molecule has 0 spiro atoms. The average Bonchev–Trinajstić information content (AvgIpc) is 3.37. The first kappa shape index (κ1) is 34.9. The predicted molar refractivity (Wildman–Crippen MR) is 203 cm³/mol. The summed E-state index contributed by atoms with van der Waals surface area (Å²) in [5.74, 6) is 1.25. The van der Waals surface area contributed by atoms with Crippen molar-refractivity contribution in [1.82, 2.24) is 19.4 Å². The van der Waals surface area contributed by atoms with Gasteiger partial charge in [-0.25, -0.2) is 14.2 Å². The molecule has 1 amide bonds. The van der Waals surface area contributed by atoms with Gasteiger partial charge in [0.2, 0.25) is 6.23 Å². The second-order valence-corrected chi connectivity index (χ2v) is 17.4. The Morgan fingerprint density at radius 3 is 2.50 bits per heavy atom. The number of amides is 1. The van der Waals surface area contributed by atoms with E-state index >= 15 is 4.39 Å². The maximum Gasteiger partial charge on any atom is 0.494 e. The molecule has 1 atom stereocenters. The summed E-state index contributed by atoms with van der Waals surface area (Å²) in [6.45, 7) is 16.5. The maximum absolute atomic E-state index is 16.5. The van der Waals surface area contributed by atoms with Gasteiger partial charge in [-0.05, 0) is 116 Å². The first-order chi connectivity index (χ1) is 24.6. The van der Waals surface area contributed by atoms with Crippen molar-refractivity contribution in [3.63, 3.8) is 0 Å². The summed E-state index contributed by atoms with van der Waals surface area (Å²) in [5.41, 5.74) is 2.69. The van der Waals surface area contributed by atoms with Crippen LogP contribution in [0.1, 0.15) is 102 Å². The van der Waals surface area contributed by atoms with Gasteiger partial charge in [-0.15, -0.1) is 11.3 Å². The molecule has 8 rings (SSSR count). The fourth-order valence-corrected chi connectivity index (χ4v) is 8.15. The molecular formula is C40H46BFN4O5S. The zero-order valence-corrected chi connectivity index (χ0v) is 31.9. The van der Waals surface area contributed by atoms with E-state index in [9.17, 15) is 4.79 Å². The highest BCUT2D eigenvalue weighted by atomic mass is 32.1. The topological polar surface area (TPSA) is 90.8 Å². The SMILES string of the molecule is CCCN(Cc1ncc(-c2cc(F)c3c(c2)OC(c2ccc(C4CC4)s2)n2c-3cc3cc(B4OC(C)(C)C(C)(C)O4)ccc32)[nH]1)C(=O)OC(C)(C)C. The van der Waals surface area contributed by atoms with Crippen molar-refractivity contribution in [2.24, 2.45) is 0 Å². The van der Waals surface area contributed by atoms with Crippen LogP contribution in [0, 0.1) is 5.82 Å². The molecule has 3 aromatic heterocycles. The molecule has 2 aromatic carbocycles. The molecule has 5 heterocycles. The van der Waals surface area contributed by atoms with Gasteiger partial charge in [-0.2, -0.15) is 0 Å². The minimum absolute atomic E-state index is 0.241. The Bertz CT molecular complexity index is 2160. The van der Waals surface area contributed by atoms with Gasteiger partial charge in [0.15, 0.2) is 0 Å². The van der Waals surface area contributed by atoms with E-state index in [1.807, 2.05) is 73.6 Å². The molecule has 1 unspecified atom stereocenters. The predicted octanol–water partition coefficient (Wildman–Crippen LogP) is 9.16. The van der Waals surface area contributed by atoms with E-state index in [0.29, 0.717) is 40.9 Å². The minimum atomic E-state index is -0.611. The van der Waals surface area contributed by atoms with Crippen molar-refractivity contribution in [2.45, 2.75) is 110 Å². The van der Waals surface area contributed by atoms with Crippen LogP contribution >= 0.6 is 11.3 Å². The van der Waals surface area contributed by atoms with Crippen molar-refractivity contribution in [2.75, 3.05) is 6.54 Å². The van der Waals surface area contributed by atoms with E-state index in [4.69, 9.17) is 18.8 Å². The first-order valence-corrected chi connectivity index (χ1v) is 19.1. The maximum atomic E-state index is 16.5. The molecule has 9 nitrogen and oxygen atoms in total. The molecule has 1 saturated carbocycles. The van der Waals surface area contributed by atoms with Gasteiger partial charge in [-0.1, -0.05) is 19.1 Å². The molecule has 2 aliphatic heterocycles. The quantitative estimate of drug-likeness (QED) is 0.161. The molecule has 2 fully saturated rings. The number of ether oxygens (including phenoxy) is 2. The third-order valence-corrected chi connectivity index (χ3v) is 11.7. The molecule has 1 aliphatic carbocycles. The number of imidazole rings is 1. The number of carbonyl (C=O) groups excluding carboxylic acids is 1. The number of aromatic nitrogens is 3. The Hall–Kier alpha value is -4.13. The largest absolute Gasteiger partial charge is 0.494 e. The third kappa shape index (κ3) is 6.32. The summed E-state index contributed by atoms with van der Waals surface area (Å²) in [4.78, 5) is 24.8. The lowest BCUT2D eigenvalue weighted by Gasteiger charge is -2.32. The number of nitrogens with one attached hydrogen (secondary N) is 1. The number of hydrogen-bond acceptors (Lipinski definition) is 7. The van der Waals surface area contributed by atoms with E-state index in [0.717, 1.165) is 33.4 Å². The number of rotatable bonds is 8. The Labute approximate surface area is 308 Å². The lowest BCUT2D eigenvalue weighted by Crippen LogP contribution is -2.41. The first-order valence-electron chi connectivity index (χ1n) is 18.2. The summed E-state index contributed by atoms with van der Waals surface area (Å²) < 4.78 is 43.8. The smallest absolute Gasteiger partial charge is 0.464 e. The fourth-order valence-electron chi connectivity index (χ4n) is 6.95. The van der Waals surface area contributed by atoms with Gasteiger partial charge in [0.05, 0.1) is 51.3 Å². The standard InChI is InChI=1S/C40H46BFN4O5S/c1-9-16-45(37(47)49-38(2,3)4)22-34-43-21-28(44-34)24-18-27(42)35-30-19-25-17-26(41-50-39(5,6)40(7,8)51-41)12-13-29(25)46(30)36(48-31(35)20-24)33-15-14-32(52-33)23-10-11-23/h12-15,17-21,23,36H,9-11,16,22H2,1-8H3,(H,43,44). The van der Waals surface area contributed by atoms with Crippen LogP contribution in [0.3, 0.4) is 0 Å². The number of fused-ring (bicyclic) bond motifs is 5. The van der Waals surface area contributed by atoms with Gasteiger partial charge >= 0.3 is 13.2 Å².